The molecule has 3 atom stereocenters. The molecule has 534 valence electrons. The summed E-state index contributed by atoms with van der Waals surface area (Å²) in [4.78, 5) is 41.0. The molecular weight excluding hydrogens is 1210 g/mol. The maximum absolute atomic E-state index is 12.3. The Bertz CT molecular complexity index is 3010. The molecule has 6 rings (SSSR count). The zero-order valence-electron chi connectivity index (χ0n) is 61.2. The van der Waals surface area contributed by atoms with Crippen LogP contribution in [0.5, 0.6) is 28.7 Å². The van der Waals surface area contributed by atoms with Gasteiger partial charge in [-0.3, -0.25) is 14.4 Å². The van der Waals surface area contributed by atoms with Gasteiger partial charge in [-0.15, -0.1) is 0 Å². The van der Waals surface area contributed by atoms with Crippen LogP contribution in [0.3, 0.4) is 0 Å². The first kappa shape index (κ1) is 82.0. The first-order chi connectivity index (χ1) is 47.2. The predicted molar refractivity (Wildman–Crippen MR) is 396 cm³/mol. The topological polar surface area (TPSA) is 144 Å². The lowest BCUT2D eigenvalue weighted by atomic mass is 9.96. The fraction of sp³-hybridized carbons (Fsp3) is 0.530. The third-order valence-electron chi connectivity index (χ3n) is 16.8. The number of carbonyl (C=O) groups excluding carboxylic acids is 3. The van der Waals surface area contributed by atoms with Crippen molar-refractivity contribution in [1.82, 2.24) is 15.1 Å². The van der Waals surface area contributed by atoms with Crippen molar-refractivity contribution in [3.8, 4) is 28.7 Å². The van der Waals surface area contributed by atoms with Gasteiger partial charge in [0.2, 0.25) is 0 Å². The molecule has 0 aliphatic rings. The third kappa shape index (κ3) is 36.7. The van der Waals surface area contributed by atoms with Gasteiger partial charge in [0.05, 0.1) is 21.3 Å². The lowest BCUT2D eigenvalue weighted by molar-refractivity contribution is -0.152. The number of likely N-dealkylation sites (N-methyl/N-ethyl adjacent to an activating group) is 3. The zero-order valence-corrected chi connectivity index (χ0v) is 61.2. The molecule has 1 unspecified atom stereocenters. The summed E-state index contributed by atoms with van der Waals surface area (Å²) >= 11 is 0. The van der Waals surface area contributed by atoms with E-state index in [-0.39, 0.29) is 36.2 Å². The number of unbranched alkanes of at least 4 members (excludes halogenated alkanes) is 11. The smallest absolute Gasteiger partial charge is 0.306 e. The largest absolute Gasteiger partial charge is 0.497 e. The number of ether oxygens (including phenoxy) is 8. The summed E-state index contributed by atoms with van der Waals surface area (Å²) in [5.74, 6) is 3.99. The first-order valence-corrected chi connectivity index (χ1v) is 36.1. The molecule has 6 aromatic rings. The van der Waals surface area contributed by atoms with E-state index in [9.17, 15) is 14.4 Å². The number of esters is 3. The second kappa shape index (κ2) is 50.9. The van der Waals surface area contributed by atoms with Crippen LogP contribution in [0.1, 0.15) is 175 Å². The molecule has 14 heteroatoms. The Hall–Kier alpha value is -7.39. The summed E-state index contributed by atoms with van der Waals surface area (Å²) in [5.41, 5.74) is 8.84. The number of carbonyl (C=O) groups is 3. The quantitative estimate of drug-likeness (QED) is 0.0220. The molecule has 0 radical (unpaired) electrons. The van der Waals surface area contributed by atoms with E-state index in [4.69, 9.17) is 37.9 Å². The molecule has 14 nitrogen and oxygen atoms in total. The monoisotopic (exact) mass is 1340 g/mol. The SMILES string of the molecule is CCCCCCC(=O)O[C@H](CCc1ccccc1CCc1ccc(OC)cc1)CN(C)C.CCCCCCCC(=O)OC(CNC)COc1ccccc1CCc1ccc(OC)cc1.CCCCCCCC(=O)O[C@@H](COc1ccccc1CCc1ccc(OC)cc1)CN(C)C. The number of para-hydroxylation sites is 2. The molecule has 0 aromatic heterocycles. The molecule has 0 spiro atoms. The Morgan fingerprint density at radius 2 is 0.691 bits per heavy atom. The van der Waals surface area contributed by atoms with Crippen molar-refractivity contribution in [2.75, 3.05) is 89.4 Å². The van der Waals surface area contributed by atoms with Crippen molar-refractivity contribution in [2.24, 2.45) is 0 Å². The Balaban J connectivity index is 0.000000309. The number of methoxy groups -OCH3 is 3. The number of benzene rings is 6. The van der Waals surface area contributed by atoms with Gasteiger partial charge in [0.25, 0.3) is 0 Å². The van der Waals surface area contributed by atoms with E-state index in [2.05, 4.69) is 104 Å². The van der Waals surface area contributed by atoms with Crippen LogP contribution in [0, 0.1) is 0 Å². The molecule has 0 saturated carbocycles. The minimum atomic E-state index is -0.308. The molecule has 0 heterocycles. The number of aryl methyl sites for hydroxylation is 7. The maximum atomic E-state index is 12.3. The van der Waals surface area contributed by atoms with Gasteiger partial charge in [-0.25, -0.2) is 0 Å². The Morgan fingerprint density at radius 3 is 1.07 bits per heavy atom. The van der Waals surface area contributed by atoms with Crippen molar-refractivity contribution >= 4 is 17.9 Å². The van der Waals surface area contributed by atoms with E-state index < -0.39 is 0 Å². The highest BCUT2D eigenvalue weighted by molar-refractivity contribution is 5.70. The molecule has 0 fully saturated rings. The Morgan fingerprint density at radius 1 is 0.371 bits per heavy atom. The molecule has 6 aromatic carbocycles. The van der Waals surface area contributed by atoms with E-state index in [1.807, 2.05) is 113 Å². The lowest BCUT2D eigenvalue weighted by Crippen LogP contribution is -2.35. The number of hydrogen-bond donors (Lipinski definition) is 1. The number of rotatable bonds is 47. The standard InChI is InChI=1S/C28H41NO4.C28H41NO3.C27H39NO4/c1-5-6-7-8-9-14-28(30)33-26(21-29(2)3)22-32-27-13-11-10-12-24(27)18-15-23-16-19-25(31-4)20-17-23;1-5-6-7-8-13-28(30)32-27(22-29(2)3)21-18-25-12-10-9-11-24(25)17-14-23-15-19-26(31-4)20-16-23;1-4-5-6-7-8-13-27(29)32-25(20-28-2)21-31-26-12-10-9-11-23(26)17-14-22-15-18-24(30-3)19-16-22/h10-13,16-17,19-20,26H,5-9,14-15,18,21-22H2,1-4H3;9-12,15-16,19-20,27H,5-8,13-14,17-18,21-22H2,1-4H3;9-12,15-16,18-19,25,28H,4-8,13-14,17,20-21H2,1-3H3/t26-;27-;/m11./s1. The van der Waals surface area contributed by atoms with E-state index in [0.29, 0.717) is 45.6 Å². The molecule has 0 aliphatic heterocycles. The van der Waals surface area contributed by atoms with Crippen LogP contribution in [0.15, 0.2) is 146 Å². The molecule has 0 amide bonds. The van der Waals surface area contributed by atoms with Crippen LogP contribution in [0.4, 0.5) is 0 Å². The summed E-state index contributed by atoms with van der Waals surface area (Å²) < 4.78 is 45.3. The lowest BCUT2D eigenvalue weighted by Gasteiger charge is -2.22. The second-order valence-electron chi connectivity index (χ2n) is 25.7. The summed E-state index contributed by atoms with van der Waals surface area (Å²) in [6.45, 7) is 9.20. The first-order valence-electron chi connectivity index (χ1n) is 36.1. The number of nitrogens with one attached hydrogen (secondary N) is 1. The summed E-state index contributed by atoms with van der Waals surface area (Å²) in [6.07, 6.45) is 23.7. The van der Waals surface area contributed by atoms with E-state index >= 15 is 0 Å². The summed E-state index contributed by atoms with van der Waals surface area (Å²) in [6, 6.07) is 49.4. The average Bonchev–Trinajstić information content (AvgIpc) is 1.88. The van der Waals surface area contributed by atoms with Gasteiger partial charge in [0, 0.05) is 38.9 Å². The van der Waals surface area contributed by atoms with Crippen molar-refractivity contribution in [2.45, 2.75) is 200 Å². The highest BCUT2D eigenvalue weighted by Gasteiger charge is 2.20. The minimum Gasteiger partial charge on any atom is -0.497 e. The molecule has 0 aliphatic carbocycles. The molecule has 0 bridgehead atoms. The highest BCUT2D eigenvalue weighted by Crippen LogP contribution is 2.25. The number of hydrogen-bond acceptors (Lipinski definition) is 14. The average molecular weight is 1340 g/mol. The normalized spacial score (nSPS) is 11.9. The highest BCUT2D eigenvalue weighted by atomic mass is 16.6. The molecule has 0 saturated heterocycles. The van der Waals surface area contributed by atoms with Crippen molar-refractivity contribution in [3.63, 3.8) is 0 Å². The molecule has 1 N–H and O–H groups in total. The molecule has 97 heavy (non-hydrogen) atoms. The van der Waals surface area contributed by atoms with Crippen LogP contribution in [-0.4, -0.2) is 135 Å². The van der Waals surface area contributed by atoms with Gasteiger partial charge in [-0.2, -0.15) is 0 Å². The van der Waals surface area contributed by atoms with Crippen LogP contribution in [-0.2, 0) is 73.5 Å². The maximum Gasteiger partial charge on any atom is 0.306 e. The predicted octanol–water partition coefficient (Wildman–Crippen LogP) is 16.9. The summed E-state index contributed by atoms with van der Waals surface area (Å²) in [7, 11) is 14.9. The zero-order chi connectivity index (χ0) is 70.1. The Kier molecular flexibility index (Phi) is 43.0. The van der Waals surface area contributed by atoms with E-state index in [1.54, 1.807) is 21.3 Å². The van der Waals surface area contributed by atoms with Crippen LogP contribution >= 0.6 is 0 Å². The van der Waals surface area contributed by atoms with Crippen LogP contribution < -0.4 is 29.0 Å². The van der Waals surface area contributed by atoms with Gasteiger partial charge in [0.1, 0.15) is 60.3 Å². The van der Waals surface area contributed by atoms with Gasteiger partial charge in [-0.1, -0.05) is 188 Å². The van der Waals surface area contributed by atoms with E-state index in [0.717, 1.165) is 136 Å². The van der Waals surface area contributed by atoms with Crippen molar-refractivity contribution in [3.05, 3.63) is 185 Å². The Labute approximate surface area is 584 Å². The van der Waals surface area contributed by atoms with Gasteiger partial charge in [0.15, 0.2) is 0 Å². The fourth-order valence-electron chi connectivity index (χ4n) is 11.3. The third-order valence-corrected chi connectivity index (χ3v) is 16.8. The fourth-order valence-corrected chi connectivity index (χ4v) is 11.3. The van der Waals surface area contributed by atoms with Gasteiger partial charge >= 0.3 is 17.9 Å². The van der Waals surface area contributed by atoms with Gasteiger partial charge < -0.3 is 53.0 Å². The van der Waals surface area contributed by atoms with Crippen molar-refractivity contribution in [1.29, 1.82) is 0 Å². The van der Waals surface area contributed by atoms with E-state index in [1.165, 1.54) is 79.2 Å². The minimum absolute atomic E-state index is 0.0549. The summed E-state index contributed by atoms with van der Waals surface area (Å²) in [5, 5.41) is 3.10. The van der Waals surface area contributed by atoms with Crippen LogP contribution in [0.25, 0.3) is 0 Å². The molecular formula is C83H121N3O11. The second-order valence-corrected chi connectivity index (χ2v) is 25.7. The van der Waals surface area contributed by atoms with Crippen molar-refractivity contribution < 1.29 is 52.3 Å². The number of nitrogens with zero attached hydrogens (tertiary/aromatic N) is 2. The van der Waals surface area contributed by atoms with Crippen LogP contribution in [0.2, 0.25) is 0 Å². The van der Waals surface area contributed by atoms with Gasteiger partial charge in [-0.05, 0) is 193 Å².